The van der Waals surface area contributed by atoms with Gasteiger partial charge in [-0.3, -0.25) is 0 Å². The highest BCUT2D eigenvalue weighted by molar-refractivity contribution is 6.30. The lowest BCUT2D eigenvalue weighted by molar-refractivity contribution is 0.549. The average Bonchev–Trinajstić information content (AvgIpc) is 3.02. The van der Waals surface area contributed by atoms with Crippen molar-refractivity contribution in [2.45, 2.75) is 19.5 Å². The maximum absolute atomic E-state index is 13.2. The summed E-state index contributed by atoms with van der Waals surface area (Å²) in [5.74, 6) is 0.319. The lowest BCUT2D eigenvalue weighted by Crippen LogP contribution is -2.18. The Bertz CT molecular complexity index is 786. The van der Waals surface area contributed by atoms with Crippen LogP contribution in [0, 0.1) is 5.82 Å². The second-order valence-electron chi connectivity index (χ2n) is 5.31. The van der Waals surface area contributed by atoms with Crippen molar-refractivity contribution < 1.29 is 8.81 Å². The number of rotatable bonds is 5. The standard InChI is InChI=1S/C18H16ClFN2O/c1-12(14-3-2-4-16(20)9-14)21-10-17-11-23-18(22-17)13-5-7-15(19)8-6-13/h2-9,11-12,21H,10H2,1H3. The number of nitrogens with zero attached hydrogens (tertiary/aromatic N) is 1. The molecule has 1 unspecified atom stereocenters. The van der Waals surface area contributed by atoms with E-state index in [0.717, 1.165) is 16.8 Å². The second-order valence-corrected chi connectivity index (χ2v) is 5.74. The van der Waals surface area contributed by atoms with E-state index in [9.17, 15) is 4.39 Å². The summed E-state index contributed by atoms with van der Waals surface area (Å²) in [4.78, 5) is 4.45. The molecule has 1 N–H and O–H groups in total. The fraction of sp³-hybridized carbons (Fsp3) is 0.167. The van der Waals surface area contributed by atoms with Crippen LogP contribution in [-0.4, -0.2) is 4.98 Å². The molecule has 0 saturated heterocycles. The Balaban J connectivity index is 1.64. The number of hydrogen-bond donors (Lipinski definition) is 1. The summed E-state index contributed by atoms with van der Waals surface area (Å²) in [5.41, 5.74) is 2.56. The molecule has 118 valence electrons. The van der Waals surface area contributed by atoms with Crippen molar-refractivity contribution >= 4 is 11.6 Å². The zero-order valence-electron chi connectivity index (χ0n) is 12.6. The Labute approximate surface area is 139 Å². The monoisotopic (exact) mass is 330 g/mol. The number of aromatic nitrogens is 1. The number of halogens is 2. The first-order valence-electron chi connectivity index (χ1n) is 7.31. The van der Waals surface area contributed by atoms with Crippen molar-refractivity contribution in [2.75, 3.05) is 0 Å². The Hall–Kier alpha value is -2.17. The van der Waals surface area contributed by atoms with Crippen LogP contribution in [0.4, 0.5) is 4.39 Å². The minimum absolute atomic E-state index is 0.0152. The van der Waals surface area contributed by atoms with Crippen LogP contribution in [0.5, 0.6) is 0 Å². The van der Waals surface area contributed by atoms with Gasteiger partial charge in [0.2, 0.25) is 5.89 Å². The highest BCUT2D eigenvalue weighted by Gasteiger charge is 2.09. The molecule has 0 fully saturated rings. The third kappa shape index (κ3) is 3.97. The van der Waals surface area contributed by atoms with E-state index in [1.165, 1.54) is 12.1 Å². The van der Waals surface area contributed by atoms with E-state index in [4.69, 9.17) is 16.0 Å². The third-order valence-corrected chi connectivity index (χ3v) is 3.83. The van der Waals surface area contributed by atoms with Gasteiger partial charge in [0.15, 0.2) is 0 Å². The van der Waals surface area contributed by atoms with Gasteiger partial charge in [-0.25, -0.2) is 9.37 Å². The van der Waals surface area contributed by atoms with E-state index in [-0.39, 0.29) is 11.9 Å². The quantitative estimate of drug-likeness (QED) is 0.716. The van der Waals surface area contributed by atoms with Crippen LogP contribution >= 0.6 is 11.6 Å². The average molecular weight is 331 g/mol. The Morgan fingerprint density at radius 3 is 2.74 bits per heavy atom. The summed E-state index contributed by atoms with van der Waals surface area (Å²) in [5, 5.41) is 3.98. The van der Waals surface area contributed by atoms with Crippen LogP contribution in [0.3, 0.4) is 0 Å². The Morgan fingerprint density at radius 1 is 1.22 bits per heavy atom. The van der Waals surface area contributed by atoms with Crippen LogP contribution in [0.1, 0.15) is 24.2 Å². The summed E-state index contributed by atoms with van der Waals surface area (Å²) < 4.78 is 18.7. The van der Waals surface area contributed by atoms with E-state index in [0.29, 0.717) is 17.5 Å². The molecular formula is C18H16ClFN2O. The zero-order valence-corrected chi connectivity index (χ0v) is 13.3. The molecule has 0 aliphatic rings. The van der Waals surface area contributed by atoms with Gasteiger partial charge < -0.3 is 9.73 Å². The van der Waals surface area contributed by atoms with Gasteiger partial charge in [-0.05, 0) is 48.9 Å². The largest absolute Gasteiger partial charge is 0.444 e. The second kappa shape index (κ2) is 6.94. The van der Waals surface area contributed by atoms with Gasteiger partial charge in [0.05, 0.1) is 5.69 Å². The molecule has 0 aliphatic carbocycles. The number of nitrogens with one attached hydrogen (secondary N) is 1. The normalized spacial score (nSPS) is 12.3. The zero-order chi connectivity index (χ0) is 16.2. The Kier molecular flexibility index (Phi) is 4.74. The van der Waals surface area contributed by atoms with Crippen molar-refractivity contribution in [3.8, 4) is 11.5 Å². The molecule has 0 aliphatic heterocycles. The highest BCUT2D eigenvalue weighted by atomic mass is 35.5. The highest BCUT2D eigenvalue weighted by Crippen LogP contribution is 2.21. The number of hydrogen-bond acceptors (Lipinski definition) is 3. The maximum Gasteiger partial charge on any atom is 0.226 e. The van der Waals surface area contributed by atoms with Crippen molar-refractivity contribution in [1.29, 1.82) is 0 Å². The van der Waals surface area contributed by atoms with Gasteiger partial charge in [-0.1, -0.05) is 23.7 Å². The molecule has 0 saturated carbocycles. The molecule has 3 rings (SSSR count). The van der Waals surface area contributed by atoms with Crippen LogP contribution < -0.4 is 5.32 Å². The minimum Gasteiger partial charge on any atom is -0.444 e. The SMILES string of the molecule is CC(NCc1coc(-c2ccc(Cl)cc2)n1)c1cccc(F)c1. The first kappa shape index (κ1) is 15.7. The van der Waals surface area contributed by atoms with Gasteiger partial charge in [-0.15, -0.1) is 0 Å². The van der Waals surface area contributed by atoms with Crippen LogP contribution in [0.15, 0.2) is 59.2 Å². The first-order chi connectivity index (χ1) is 11.1. The van der Waals surface area contributed by atoms with Crippen LogP contribution in [0.2, 0.25) is 5.02 Å². The molecular weight excluding hydrogens is 315 g/mol. The summed E-state index contributed by atoms with van der Waals surface area (Å²) in [6, 6.07) is 13.9. The number of benzene rings is 2. The molecule has 2 aromatic carbocycles. The van der Waals surface area contributed by atoms with Gasteiger partial charge in [-0.2, -0.15) is 0 Å². The summed E-state index contributed by atoms with van der Waals surface area (Å²) in [6.45, 7) is 2.52. The van der Waals surface area contributed by atoms with Gasteiger partial charge in [0.25, 0.3) is 0 Å². The van der Waals surface area contributed by atoms with Crippen molar-refractivity contribution in [3.63, 3.8) is 0 Å². The summed E-state index contributed by atoms with van der Waals surface area (Å²) >= 11 is 5.87. The van der Waals surface area contributed by atoms with Crippen LogP contribution in [-0.2, 0) is 6.54 Å². The molecule has 3 aromatic rings. The molecule has 0 spiro atoms. The van der Waals surface area contributed by atoms with Gasteiger partial charge in [0.1, 0.15) is 12.1 Å². The molecule has 0 amide bonds. The summed E-state index contributed by atoms with van der Waals surface area (Å²) in [6.07, 6.45) is 1.62. The van der Waals surface area contributed by atoms with E-state index in [1.54, 1.807) is 24.5 Å². The van der Waals surface area contributed by atoms with Crippen molar-refractivity contribution in [3.05, 3.63) is 76.9 Å². The van der Waals surface area contributed by atoms with E-state index >= 15 is 0 Å². The number of oxazole rings is 1. The van der Waals surface area contributed by atoms with Gasteiger partial charge in [0, 0.05) is 23.2 Å². The first-order valence-corrected chi connectivity index (χ1v) is 7.69. The summed E-state index contributed by atoms with van der Waals surface area (Å²) in [7, 11) is 0. The molecule has 0 bridgehead atoms. The lowest BCUT2D eigenvalue weighted by Gasteiger charge is -2.13. The van der Waals surface area contributed by atoms with E-state index in [2.05, 4.69) is 10.3 Å². The molecule has 1 aromatic heterocycles. The topological polar surface area (TPSA) is 38.1 Å². The molecule has 5 heteroatoms. The van der Waals surface area contributed by atoms with Crippen LogP contribution in [0.25, 0.3) is 11.5 Å². The van der Waals surface area contributed by atoms with E-state index < -0.39 is 0 Å². The third-order valence-electron chi connectivity index (χ3n) is 3.58. The predicted octanol–water partition coefficient (Wildman–Crippen LogP) is 4.98. The van der Waals surface area contributed by atoms with Gasteiger partial charge >= 0.3 is 0 Å². The predicted molar refractivity (Wildman–Crippen MR) is 88.6 cm³/mol. The van der Waals surface area contributed by atoms with Crippen molar-refractivity contribution in [2.24, 2.45) is 0 Å². The molecule has 1 atom stereocenters. The smallest absolute Gasteiger partial charge is 0.226 e. The fourth-order valence-corrected chi connectivity index (χ4v) is 2.39. The Morgan fingerprint density at radius 2 is 2.00 bits per heavy atom. The molecule has 23 heavy (non-hydrogen) atoms. The minimum atomic E-state index is -0.234. The molecule has 0 radical (unpaired) electrons. The molecule has 3 nitrogen and oxygen atoms in total. The fourth-order valence-electron chi connectivity index (χ4n) is 2.26. The van der Waals surface area contributed by atoms with Crippen molar-refractivity contribution in [1.82, 2.24) is 10.3 Å². The van der Waals surface area contributed by atoms with E-state index in [1.807, 2.05) is 25.1 Å². The molecule has 1 heterocycles. The lowest BCUT2D eigenvalue weighted by atomic mass is 10.1. The maximum atomic E-state index is 13.2.